The van der Waals surface area contributed by atoms with Crippen LogP contribution in [0, 0.1) is 0 Å². The van der Waals surface area contributed by atoms with Gasteiger partial charge in [-0.1, -0.05) is 0 Å². The van der Waals surface area contributed by atoms with E-state index < -0.39 is 0 Å². The average molecular weight is 156 g/mol. The van der Waals surface area contributed by atoms with Crippen LogP contribution in [-0.4, -0.2) is 28.9 Å². The van der Waals surface area contributed by atoms with E-state index in [0.29, 0.717) is 6.54 Å². The monoisotopic (exact) mass is 156 g/mol. The minimum atomic E-state index is -0.289. The lowest BCUT2D eigenvalue weighted by molar-refractivity contribution is -0.125. The molecule has 1 aliphatic rings. The number of amides is 3. The zero-order valence-electron chi connectivity index (χ0n) is 6.97. The fourth-order valence-electron chi connectivity index (χ4n) is 1.12. The highest BCUT2D eigenvalue weighted by molar-refractivity contribution is 5.95. The van der Waals surface area contributed by atoms with Gasteiger partial charge in [0.15, 0.2) is 0 Å². The third kappa shape index (κ3) is 1.50. The normalized spacial score (nSPS) is 21.7. The molecular formula is C7H12N2O2. The first-order chi connectivity index (χ1) is 4.92. The van der Waals surface area contributed by atoms with Crippen molar-refractivity contribution in [2.45, 2.75) is 26.3 Å². The van der Waals surface area contributed by atoms with Gasteiger partial charge < -0.3 is 5.32 Å². The molecule has 0 unspecified atom stereocenters. The molecule has 1 saturated heterocycles. The van der Waals surface area contributed by atoms with E-state index in [-0.39, 0.29) is 17.5 Å². The zero-order chi connectivity index (χ0) is 8.65. The Labute approximate surface area is 65.6 Å². The van der Waals surface area contributed by atoms with Crippen molar-refractivity contribution in [3.8, 4) is 0 Å². The van der Waals surface area contributed by atoms with Crippen molar-refractivity contribution in [1.29, 1.82) is 0 Å². The average Bonchev–Trinajstić information content (AvgIpc) is 2.05. The predicted octanol–water partition coefficient (Wildman–Crippen LogP) is 0.337. The molecule has 1 fully saturated rings. The first-order valence-corrected chi connectivity index (χ1v) is 3.53. The molecule has 1 N–H and O–H groups in total. The first-order valence-electron chi connectivity index (χ1n) is 3.53. The van der Waals surface area contributed by atoms with Gasteiger partial charge in [-0.3, -0.25) is 9.69 Å². The van der Waals surface area contributed by atoms with Crippen molar-refractivity contribution < 1.29 is 9.59 Å². The van der Waals surface area contributed by atoms with E-state index in [1.165, 1.54) is 11.8 Å². The first kappa shape index (κ1) is 8.04. The Kier molecular flexibility index (Phi) is 1.62. The van der Waals surface area contributed by atoms with Gasteiger partial charge in [0.25, 0.3) is 0 Å². The number of urea groups is 1. The number of imide groups is 1. The maximum absolute atomic E-state index is 11.0. The third-order valence-corrected chi connectivity index (χ3v) is 1.62. The van der Waals surface area contributed by atoms with Crippen molar-refractivity contribution in [2.75, 3.05) is 6.54 Å². The molecule has 1 aliphatic heterocycles. The quantitative estimate of drug-likeness (QED) is 0.549. The number of rotatable bonds is 0. The Hall–Kier alpha value is -1.06. The second kappa shape index (κ2) is 2.22. The molecule has 4 heteroatoms. The van der Waals surface area contributed by atoms with E-state index in [2.05, 4.69) is 5.32 Å². The lowest BCUT2D eigenvalue weighted by Gasteiger charge is -2.15. The summed E-state index contributed by atoms with van der Waals surface area (Å²) in [4.78, 5) is 23.0. The number of nitrogens with zero attached hydrogens (tertiary/aromatic N) is 1. The molecular weight excluding hydrogens is 144 g/mol. The van der Waals surface area contributed by atoms with Gasteiger partial charge in [-0.2, -0.15) is 0 Å². The Morgan fingerprint density at radius 2 is 2.18 bits per heavy atom. The van der Waals surface area contributed by atoms with Gasteiger partial charge in [-0.25, -0.2) is 4.79 Å². The summed E-state index contributed by atoms with van der Waals surface area (Å²) in [5.41, 5.74) is -0.275. The molecule has 0 atom stereocenters. The van der Waals surface area contributed by atoms with Gasteiger partial charge in [0, 0.05) is 6.92 Å². The number of hydrogen-bond acceptors (Lipinski definition) is 2. The summed E-state index contributed by atoms with van der Waals surface area (Å²) >= 11 is 0. The van der Waals surface area contributed by atoms with E-state index in [0.717, 1.165) is 0 Å². The SMILES string of the molecule is CC(=O)N1CC(C)(C)NC1=O. The second-order valence-electron chi connectivity index (χ2n) is 3.42. The van der Waals surface area contributed by atoms with Gasteiger partial charge in [-0.15, -0.1) is 0 Å². The maximum Gasteiger partial charge on any atom is 0.324 e. The smallest absolute Gasteiger partial charge is 0.324 e. The molecule has 11 heavy (non-hydrogen) atoms. The minimum Gasteiger partial charge on any atom is -0.331 e. The van der Waals surface area contributed by atoms with Crippen LogP contribution >= 0.6 is 0 Å². The number of nitrogens with one attached hydrogen (secondary N) is 1. The molecule has 3 amide bonds. The van der Waals surface area contributed by atoms with Crippen molar-refractivity contribution >= 4 is 11.9 Å². The van der Waals surface area contributed by atoms with E-state index in [1.807, 2.05) is 13.8 Å². The molecule has 0 radical (unpaired) electrons. The summed E-state index contributed by atoms with van der Waals surface area (Å²) < 4.78 is 0. The summed E-state index contributed by atoms with van der Waals surface area (Å²) in [7, 11) is 0. The van der Waals surface area contributed by atoms with Crippen LogP contribution in [0.1, 0.15) is 20.8 Å². The Morgan fingerprint density at radius 1 is 1.64 bits per heavy atom. The van der Waals surface area contributed by atoms with Crippen LogP contribution in [-0.2, 0) is 4.79 Å². The van der Waals surface area contributed by atoms with Crippen LogP contribution in [0.5, 0.6) is 0 Å². The Balaban J connectivity index is 2.74. The highest BCUT2D eigenvalue weighted by atomic mass is 16.2. The number of hydrogen-bond donors (Lipinski definition) is 1. The largest absolute Gasteiger partial charge is 0.331 e. The van der Waals surface area contributed by atoms with Crippen molar-refractivity contribution in [3.63, 3.8) is 0 Å². The molecule has 0 bridgehead atoms. The number of carbonyl (C=O) groups is 2. The summed E-state index contributed by atoms with van der Waals surface area (Å²) in [6.07, 6.45) is 0. The maximum atomic E-state index is 11.0. The van der Waals surface area contributed by atoms with Crippen LogP contribution in [0.15, 0.2) is 0 Å². The second-order valence-corrected chi connectivity index (χ2v) is 3.42. The molecule has 0 aliphatic carbocycles. The third-order valence-electron chi connectivity index (χ3n) is 1.62. The highest BCUT2D eigenvalue weighted by Crippen LogP contribution is 2.13. The summed E-state index contributed by atoms with van der Waals surface area (Å²) in [6, 6.07) is -0.289. The van der Waals surface area contributed by atoms with Crippen LogP contribution < -0.4 is 5.32 Å². The lowest BCUT2D eigenvalue weighted by atomic mass is 10.1. The van der Waals surface area contributed by atoms with Gasteiger partial charge in [0.05, 0.1) is 12.1 Å². The Morgan fingerprint density at radius 3 is 2.36 bits per heavy atom. The topological polar surface area (TPSA) is 49.4 Å². The lowest BCUT2D eigenvalue weighted by Crippen LogP contribution is -2.36. The van der Waals surface area contributed by atoms with Gasteiger partial charge in [0.2, 0.25) is 5.91 Å². The fourth-order valence-corrected chi connectivity index (χ4v) is 1.12. The van der Waals surface area contributed by atoms with E-state index in [4.69, 9.17) is 0 Å². The van der Waals surface area contributed by atoms with E-state index in [9.17, 15) is 9.59 Å². The molecule has 1 rings (SSSR count). The molecule has 0 aromatic rings. The van der Waals surface area contributed by atoms with Crippen molar-refractivity contribution in [3.05, 3.63) is 0 Å². The fraction of sp³-hybridized carbons (Fsp3) is 0.714. The summed E-state index contributed by atoms with van der Waals surface area (Å²) in [6.45, 7) is 5.61. The summed E-state index contributed by atoms with van der Waals surface area (Å²) in [5, 5.41) is 2.69. The predicted molar refractivity (Wildman–Crippen MR) is 40.0 cm³/mol. The molecule has 0 saturated carbocycles. The molecule has 0 aromatic heterocycles. The van der Waals surface area contributed by atoms with E-state index >= 15 is 0 Å². The van der Waals surface area contributed by atoms with Crippen LogP contribution in [0.25, 0.3) is 0 Å². The van der Waals surface area contributed by atoms with E-state index in [1.54, 1.807) is 0 Å². The van der Waals surface area contributed by atoms with Crippen LogP contribution in [0.2, 0.25) is 0 Å². The highest BCUT2D eigenvalue weighted by Gasteiger charge is 2.36. The minimum absolute atomic E-state index is 0.201. The summed E-state index contributed by atoms with van der Waals surface area (Å²) in [5.74, 6) is -0.201. The number of carbonyl (C=O) groups excluding carboxylic acids is 2. The van der Waals surface area contributed by atoms with Crippen molar-refractivity contribution in [1.82, 2.24) is 10.2 Å². The van der Waals surface area contributed by atoms with Gasteiger partial charge >= 0.3 is 6.03 Å². The van der Waals surface area contributed by atoms with Crippen molar-refractivity contribution in [2.24, 2.45) is 0 Å². The zero-order valence-corrected chi connectivity index (χ0v) is 6.97. The Bertz CT molecular complexity index is 210. The van der Waals surface area contributed by atoms with Crippen LogP contribution in [0.3, 0.4) is 0 Å². The molecule has 0 spiro atoms. The van der Waals surface area contributed by atoms with Crippen LogP contribution in [0.4, 0.5) is 4.79 Å². The van der Waals surface area contributed by atoms with Gasteiger partial charge in [0.1, 0.15) is 0 Å². The molecule has 62 valence electrons. The van der Waals surface area contributed by atoms with Gasteiger partial charge in [-0.05, 0) is 13.8 Å². The molecule has 0 aromatic carbocycles. The molecule has 4 nitrogen and oxygen atoms in total. The molecule has 1 heterocycles. The standard InChI is InChI=1S/C7H12N2O2/c1-5(10)9-4-7(2,3)8-6(9)11/h4H2,1-3H3,(H,8,11).